The van der Waals surface area contributed by atoms with Gasteiger partial charge in [-0.2, -0.15) is 0 Å². The van der Waals surface area contributed by atoms with E-state index < -0.39 is 37.3 Å². The van der Waals surface area contributed by atoms with Gasteiger partial charge in [0.2, 0.25) is 5.91 Å². The van der Waals surface area contributed by atoms with Gasteiger partial charge in [0, 0.05) is 6.42 Å². The minimum atomic E-state index is -1.45. The monoisotopic (exact) mass is 277 g/mol. The van der Waals surface area contributed by atoms with Gasteiger partial charge in [-0.1, -0.05) is 19.8 Å². The zero-order chi connectivity index (χ0) is 14.4. The minimum Gasteiger partial charge on any atom is -0.394 e. The fraction of sp³-hybridized carbons (Fsp3) is 0.917. The normalized spacial score (nSPS) is 35.1. The molecule has 1 heterocycles. The van der Waals surface area contributed by atoms with Gasteiger partial charge < -0.3 is 30.5 Å². The van der Waals surface area contributed by atoms with E-state index in [0.29, 0.717) is 6.42 Å². The molecule has 0 radical (unpaired) electrons. The highest BCUT2D eigenvalue weighted by Gasteiger charge is 2.44. The summed E-state index contributed by atoms with van der Waals surface area (Å²) in [5.41, 5.74) is 0. The van der Waals surface area contributed by atoms with Gasteiger partial charge in [0.25, 0.3) is 0 Å². The Bertz CT molecular complexity index is 287. The van der Waals surface area contributed by atoms with E-state index in [1.54, 1.807) is 0 Å². The molecule has 0 aromatic rings. The number of hydrogen-bond donors (Lipinski definition) is 5. The molecule has 1 aliphatic heterocycles. The summed E-state index contributed by atoms with van der Waals surface area (Å²) in [6, 6.07) is -1.09. The summed E-state index contributed by atoms with van der Waals surface area (Å²) in [5, 5.41) is 40.5. The number of nitrogens with one attached hydrogen (secondary N) is 1. The Hall–Kier alpha value is -0.730. The fourth-order valence-electron chi connectivity index (χ4n) is 2.05. The lowest BCUT2D eigenvalue weighted by Gasteiger charge is -2.40. The molecule has 112 valence electrons. The summed E-state index contributed by atoms with van der Waals surface area (Å²) in [7, 11) is 0. The van der Waals surface area contributed by atoms with E-state index in [1.807, 2.05) is 6.92 Å². The molecule has 19 heavy (non-hydrogen) atoms. The van der Waals surface area contributed by atoms with Gasteiger partial charge in [-0.15, -0.1) is 0 Å². The van der Waals surface area contributed by atoms with Crippen LogP contribution >= 0.6 is 0 Å². The predicted octanol–water partition coefficient (Wildman–Crippen LogP) is -1.52. The van der Waals surface area contributed by atoms with E-state index in [0.717, 1.165) is 19.3 Å². The van der Waals surface area contributed by atoms with E-state index in [4.69, 9.17) is 9.84 Å². The molecule has 1 rings (SSSR count). The first-order valence-electron chi connectivity index (χ1n) is 6.61. The summed E-state index contributed by atoms with van der Waals surface area (Å²) >= 11 is 0. The number of carbonyl (C=O) groups is 1. The van der Waals surface area contributed by atoms with Crippen LogP contribution in [0.2, 0.25) is 0 Å². The highest BCUT2D eigenvalue weighted by molar-refractivity contribution is 5.76. The van der Waals surface area contributed by atoms with Crippen molar-refractivity contribution >= 4 is 5.91 Å². The van der Waals surface area contributed by atoms with Crippen molar-refractivity contribution in [1.82, 2.24) is 5.32 Å². The van der Waals surface area contributed by atoms with Crippen molar-refractivity contribution in [2.45, 2.75) is 63.3 Å². The molecule has 0 bridgehead atoms. The molecule has 0 aliphatic carbocycles. The van der Waals surface area contributed by atoms with Crippen LogP contribution in [-0.4, -0.2) is 63.6 Å². The van der Waals surface area contributed by atoms with Crippen molar-refractivity contribution < 1.29 is 30.0 Å². The molecule has 5 N–H and O–H groups in total. The number of aliphatic hydroxyl groups is 4. The van der Waals surface area contributed by atoms with Crippen LogP contribution in [0.5, 0.6) is 0 Å². The van der Waals surface area contributed by atoms with Crippen molar-refractivity contribution in [3.05, 3.63) is 0 Å². The second-order valence-corrected chi connectivity index (χ2v) is 4.78. The lowest BCUT2D eigenvalue weighted by Crippen LogP contribution is -2.64. The Morgan fingerprint density at radius 2 is 1.89 bits per heavy atom. The molecule has 0 aromatic carbocycles. The topological polar surface area (TPSA) is 119 Å². The molecular formula is C12H23NO6. The third-order valence-electron chi connectivity index (χ3n) is 3.24. The zero-order valence-electron chi connectivity index (χ0n) is 11.0. The Labute approximate surface area is 112 Å². The van der Waals surface area contributed by atoms with Crippen molar-refractivity contribution in [2.24, 2.45) is 0 Å². The summed E-state index contributed by atoms with van der Waals surface area (Å²) in [4.78, 5) is 11.6. The summed E-state index contributed by atoms with van der Waals surface area (Å²) in [5.74, 6) is -0.310. The van der Waals surface area contributed by atoms with Crippen LogP contribution < -0.4 is 5.32 Å². The number of unbranched alkanes of at least 4 members (excludes halogenated alkanes) is 2. The molecule has 1 fully saturated rings. The highest BCUT2D eigenvalue weighted by atomic mass is 16.6. The van der Waals surface area contributed by atoms with Crippen LogP contribution in [0.25, 0.3) is 0 Å². The van der Waals surface area contributed by atoms with Gasteiger partial charge in [0.1, 0.15) is 24.4 Å². The number of rotatable bonds is 6. The smallest absolute Gasteiger partial charge is 0.220 e. The Morgan fingerprint density at radius 1 is 1.21 bits per heavy atom. The maximum atomic E-state index is 11.6. The lowest BCUT2D eigenvalue weighted by molar-refractivity contribution is -0.253. The molecule has 0 saturated carbocycles. The van der Waals surface area contributed by atoms with Crippen LogP contribution in [0.3, 0.4) is 0 Å². The zero-order valence-corrected chi connectivity index (χ0v) is 11.0. The molecule has 0 spiro atoms. The summed E-state index contributed by atoms with van der Waals surface area (Å²) < 4.78 is 4.94. The van der Waals surface area contributed by atoms with Crippen LogP contribution in [0, 0.1) is 0 Å². The highest BCUT2D eigenvalue weighted by Crippen LogP contribution is 2.19. The van der Waals surface area contributed by atoms with Crippen LogP contribution in [0.4, 0.5) is 0 Å². The maximum absolute atomic E-state index is 11.6. The molecule has 1 saturated heterocycles. The van der Waals surface area contributed by atoms with Gasteiger partial charge >= 0.3 is 0 Å². The molecule has 1 aliphatic rings. The van der Waals surface area contributed by atoms with Crippen molar-refractivity contribution in [3.63, 3.8) is 0 Å². The predicted molar refractivity (Wildman–Crippen MR) is 66.1 cm³/mol. The van der Waals surface area contributed by atoms with Gasteiger partial charge in [-0.25, -0.2) is 0 Å². The van der Waals surface area contributed by atoms with E-state index in [-0.39, 0.29) is 5.91 Å². The Kier molecular flexibility index (Phi) is 6.67. The van der Waals surface area contributed by atoms with E-state index >= 15 is 0 Å². The van der Waals surface area contributed by atoms with Crippen molar-refractivity contribution in [3.8, 4) is 0 Å². The first kappa shape index (κ1) is 16.3. The molecule has 5 atom stereocenters. The van der Waals surface area contributed by atoms with Gasteiger partial charge in [-0.3, -0.25) is 4.79 Å². The second kappa shape index (κ2) is 7.76. The van der Waals surface area contributed by atoms with Crippen LogP contribution in [-0.2, 0) is 9.53 Å². The first-order valence-corrected chi connectivity index (χ1v) is 6.61. The standard InChI is InChI=1S/C12H23NO6/c1-2-3-4-5-8(15)13-9-11(17)10(16)7(6-14)19-12(9)18/h7,9-12,14,16-18H,2-6H2,1H3,(H,13,15)/t7-,9-,10+,11-,12?/m1/s1. The minimum absolute atomic E-state index is 0.295. The largest absolute Gasteiger partial charge is 0.394 e. The number of hydrogen-bond acceptors (Lipinski definition) is 6. The fourth-order valence-corrected chi connectivity index (χ4v) is 2.05. The molecule has 7 heteroatoms. The molecule has 7 nitrogen and oxygen atoms in total. The third kappa shape index (κ3) is 4.39. The molecule has 0 aromatic heterocycles. The van der Waals surface area contributed by atoms with Crippen LogP contribution in [0.1, 0.15) is 32.6 Å². The van der Waals surface area contributed by atoms with Gasteiger partial charge in [-0.05, 0) is 6.42 Å². The second-order valence-electron chi connectivity index (χ2n) is 4.78. The van der Waals surface area contributed by atoms with Crippen molar-refractivity contribution in [2.75, 3.05) is 6.61 Å². The molecule has 1 unspecified atom stereocenters. The molecule has 1 amide bonds. The summed E-state index contributed by atoms with van der Waals surface area (Å²) in [6.45, 7) is 1.50. The number of carbonyl (C=O) groups excluding carboxylic acids is 1. The van der Waals surface area contributed by atoms with E-state index in [1.165, 1.54) is 0 Å². The number of amides is 1. The van der Waals surface area contributed by atoms with Crippen molar-refractivity contribution in [1.29, 1.82) is 0 Å². The van der Waals surface area contributed by atoms with Crippen LogP contribution in [0.15, 0.2) is 0 Å². The molecular weight excluding hydrogens is 254 g/mol. The Balaban J connectivity index is 2.50. The Morgan fingerprint density at radius 3 is 2.47 bits per heavy atom. The van der Waals surface area contributed by atoms with Gasteiger partial charge in [0.15, 0.2) is 6.29 Å². The third-order valence-corrected chi connectivity index (χ3v) is 3.24. The number of aliphatic hydroxyl groups excluding tert-OH is 4. The van der Waals surface area contributed by atoms with E-state index in [2.05, 4.69) is 5.32 Å². The van der Waals surface area contributed by atoms with Gasteiger partial charge in [0.05, 0.1) is 6.61 Å². The summed E-state index contributed by atoms with van der Waals surface area (Å²) in [6.07, 6.45) is -2.31. The lowest BCUT2D eigenvalue weighted by atomic mass is 9.97. The first-order chi connectivity index (χ1) is 9.01. The average molecular weight is 277 g/mol. The average Bonchev–Trinajstić information content (AvgIpc) is 2.39. The maximum Gasteiger partial charge on any atom is 0.220 e. The SMILES string of the molecule is CCCCCC(=O)N[C@H]1C(O)O[C@H](CO)[C@H](O)[C@@H]1O. The number of ether oxygens (including phenoxy) is 1. The quantitative estimate of drug-likeness (QED) is 0.376. The van der Waals surface area contributed by atoms with E-state index in [9.17, 15) is 20.1 Å².